The molecule has 224 valence electrons. The summed E-state index contributed by atoms with van der Waals surface area (Å²) in [6.45, 7) is 6.23. The van der Waals surface area contributed by atoms with E-state index in [1.807, 2.05) is 32.0 Å². The predicted molar refractivity (Wildman–Crippen MR) is 150 cm³/mol. The van der Waals surface area contributed by atoms with Crippen LogP contribution >= 0.6 is 0 Å². The number of benzene rings is 1. The fourth-order valence-corrected chi connectivity index (χ4v) is 5.35. The summed E-state index contributed by atoms with van der Waals surface area (Å²) in [5.41, 5.74) is 0.713. The number of nitrogens with one attached hydrogen (secondary N) is 2. The number of ether oxygens (including phenoxy) is 2. The Morgan fingerprint density at radius 3 is 2.38 bits per heavy atom. The first-order valence-electron chi connectivity index (χ1n) is 13.9. The number of aliphatic hydroxyl groups excluding tert-OH is 1. The molecule has 0 spiro atoms. The van der Waals surface area contributed by atoms with E-state index in [4.69, 9.17) is 9.47 Å². The van der Waals surface area contributed by atoms with Crippen LogP contribution in [0, 0.1) is 11.8 Å². The maximum Gasteiger partial charge on any atom is 0.242 e. The molecule has 1 aliphatic rings. The fraction of sp³-hybridized carbons (Fsp3) is 0.655. The van der Waals surface area contributed by atoms with Gasteiger partial charge in [-0.05, 0) is 17.9 Å². The molecule has 0 aliphatic carbocycles. The zero-order valence-electron chi connectivity index (χ0n) is 24.5. The van der Waals surface area contributed by atoms with Crippen LogP contribution in [0.2, 0.25) is 0 Å². The van der Waals surface area contributed by atoms with Gasteiger partial charge in [0, 0.05) is 34.4 Å². The van der Waals surface area contributed by atoms with Gasteiger partial charge in [-0.1, -0.05) is 57.5 Å². The fourth-order valence-electron chi connectivity index (χ4n) is 5.35. The van der Waals surface area contributed by atoms with E-state index < -0.39 is 24.2 Å². The average Bonchev–Trinajstić information content (AvgIpc) is 2.95. The van der Waals surface area contributed by atoms with Crippen molar-refractivity contribution < 1.29 is 33.8 Å². The lowest BCUT2D eigenvalue weighted by atomic mass is 9.86. The van der Waals surface area contributed by atoms with Crippen molar-refractivity contribution in [2.24, 2.45) is 11.8 Å². The van der Waals surface area contributed by atoms with Gasteiger partial charge in [0.1, 0.15) is 0 Å². The third-order valence-electron chi connectivity index (χ3n) is 8.06. The topological polar surface area (TPSA) is 138 Å². The number of amides is 4. The van der Waals surface area contributed by atoms with E-state index in [9.17, 15) is 24.3 Å². The molecule has 1 aromatic rings. The van der Waals surface area contributed by atoms with Crippen molar-refractivity contribution in [2.45, 2.75) is 70.4 Å². The van der Waals surface area contributed by atoms with Crippen molar-refractivity contribution >= 4 is 24.1 Å². The zero-order chi connectivity index (χ0) is 29.8. The molecule has 40 heavy (non-hydrogen) atoms. The number of aliphatic hydroxyl groups is 1. The maximum atomic E-state index is 13.5. The Bertz CT molecular complexity index is 963. The second-order valence-electron chi connectivity index (χ2n) is 10.5. The van der Waals surface area contributed by atoms with Gasteiger partial charge in [0.2, 0.25) is 24.1 Å². The molecule has 2 rings (SSSR count). The van der Waals surface area contributed by atoms with Gasteiger partial charge in [0.05, 0.1) is 49.3 Å². The summed E-state index contributed by atoms with van der Waals surface area (Å²) in [6, 6.07) is 8.44. The number of methoxy groups -OCH3 is 2. The van der Waals surface area contributed by atoms with Crippen molar-refractivity contribution in [1.29, 1.82) is 0 Å². The molecule has 0 saturated carbocycles. The van der Waals surface area contributed by atoms with Gasteiger partial charge in [-0.25, -0.2) is 0 Å². The Balaban J connectivity index is 2.05. The smallest absolute Gasteiger partial charge is 0.242 e. The van der Waals surface area contributed by atoms with E-state index >= 15 is 0 Å². The molecule has 11 nitrogen and oxygen atoms in total. The van der Waals surface area contributed by atoms with Crippen LogP contribution in [0.5, 0.6) is 0 Å². The normalized spacial score (nSPS) is 19.3. The van der Waals surface area contributed by atoms with E-state index in [-0.39, 0.29) is 55.2 Å². The highest BCUT2D eigenvalue weighted by molar-refractivity contribution is 5.81. The van der Waals surface area contributed by atoms with Crippen LogP contribution in [0.3, 0.4) is 0 Å². The molecule has 0 radical (unpaired) electrons. The number of hydrogen-bond acceptors (Lipinski definition) is 7. The predicted octanol–water partition coefficient (Wildman–Crippen LogP) is 1.11. The van der Waals surface area contributed by atoms with E-state index in [2.05, 4.69) is 10.6 Å². The molecule has 0 aromatic heterocycles. The highest BCUT2D eigenvalue weighted by Gasteiger charge is 2.44. The number of hydrogen-bond donors (Lipinski definition) is 3. The number of carbonyl (C=O) groups is 4. The molecular formula is C29H46N4O7. The number of rotatable bonds is 17. The monoisotopic (exact) mass is 562 g/mol. The molecule has 1 aromatic carbocycles. The lowest BCUT2D eigenvalue weighted by Crippen LogP contribution is -2.61. The van der Waals surface area contributed by atoms with E-state index in [1.165, 1.54) is 14.2 Å². The van der Waals surface area contributed by atoms with E-state index in [1.54, 1.807) is 35.9 Å². The number of carbonyl (C=O) groups excluding carboxylic acids is 4. The largest absolute Gasteiger partial charge is 0.387 e. The van der Waals surface area contributed by atoms with Crippen molar-refractivity contribution in [1.82, 2.24) is 20.4 Å². The SMILES string of the molecule is CCC(C)C(C(CC(=O)N1CCC1C(OC)C(C)C(=O)NCC(O)c1ccccc1)OC)N(C)C(=O)CNC=O. The Hall–Kier alpha value is -3.02. The first kappa shape index (κ1) is 33.2. The Morgan fingerprint density at radius 1 is 1.18 bits per heavy atom. The van der Waals surface area contributed by atoms with Crippen molar-refractivity contribution in [3.63, 3.8) is 0 Å². The molecule has 1 fully saturated rings. The number of likely N-dealkylation sites (N-methyl/N-ethyl adjacent to an activating group) is 1. The van der Waals surface area contributed by atoms with Gasteiger partial charge < -0.3 is 35.0 Å². The van der Waals surface area contributed by atoms with Gasteiger partial charge in [-0.2, -0.15) is 0 Å². The van der Waals surface area contributed by atoms with Gasteiger partial charge in [0.15, 0.2) is 0 Å². The summed E-state index contributed by atoms with van der Waals surface area (Å²) >= 11 is 0. The Kier molecular flexibility index (Phi) is 13.5. The first-order chi connectivity index (χ1) is 19.1. The quantitative estimate of drug-likeness (QED) is 0.242. The van der Waals surface area contributed by atoms with Crippen molar-refractivity contribution in [3.8, 4) is 0 Å². The third kappa shape index (κ3) is 8.49. The molecule has 4 amide bonds. The number of likely N-dealkylation sites (tertiary alicyclic amines) is 1. The van der Waals surface area contributed by atoms with Gasteiger partial charge in [0.25, 0.3) is 0 Å². The lowest BCUT2D eigenvalue weighted by Gasteiger charge is -2.47. The second kappa shape index (κ2) is 16.3. The minimum atomic E-state index is -0.830. The van der Waals surface area contributed by atoms with Crippen LogP contribution in [0.4, 0.5) is 0 Å². The minimum Gasteiger partial charge on any atom is -0.387 e. The molecule has 11 heteroatoms. The minimum absolute atomic E-state index is 0.0387. The van der Waals surface area contributed by atoms with Crippen LogP contribution in [-0.2, 0) is 28.7 Å². The summed E-state index contributed by atoms with van der Waals surface area (Å²) < 4.78 is 11.5. The molecular weight excluding hydrogens is 516 g/mol. The Labute approximate surface area is 237 Å². The molecule has 1 saturated heterocycles. The summed E-state index contributed by atoms with van der Waals surface area (Å²) in [5.74, 6) is -1.20. The van der Waals surface area contributed by atoms with Crippen LogP contribution in [0.25, 0.3) is 0 Å². The number of nitrogens with zero attached hydrogens (tertiary/aromatic N) is 2. The molecule has 0 bridgehead atoms. The maximum absolute atomic E-state index is 13.5. The van der Waals surface area contributed by atoms with Crippen molar-refractivity contribution in [3.05, 3.63) is 35.9 Å². The first-order valence-corrected chi connectivity index (χ1v) is 13.9. The second-order valence-corrected chi connectivity index (χ2v) is 10.5. The summed E-state index contributed by atoms with van der Waals surface area (Å²) in [5, 5.41) is 15.6. The highest BCUT2D eigenvalue weighted by atomic mass is 16.5. The standard InChI is InChI=1S/C29H46N4O7/c1-7-19(2)27(32(4)26(37)17-30-18-34)24(39-5)15-25(36)33-14-13-22(33)28(40-6)20(3)29(38)31-16-23(35)21-11-9-8-10-12-21/h8-12,18-20,22-24,27-28,35H,7,13-17H2,1-6H3,(H,30,34)(H,31,38). The molecule has 1 aliphatic heterocycles. The van der Waals surface area contributed by atoms with Gasteiger partial charge in [-0.15, -0.1) is 0 Å². The lowest BCUT2D eigenvalue weighted by molar-refractivity contribution is -0.155. The molecule has 7 atom stereocenters. The van der Waals surface area contributed by atoms with Crippen molar-refractivity contribution in [2.75, 3.05) is 40.9 Å². The molecule has 3 N–H and O–H groups in total. The van der Waals surface area contributed by atoms with Crippen LogP contribution < -0.4 is 10.6 Å². The van der Waals surface area contributed by atoms with E-state index in [0.29, 0.717) is 24.9 Å². The molecule has 7 unspecified atom stereocenters. The van der Waals surface area contributed by atoms with Gasteiger partial charge in [-0.3, -0.25) is 19.2 Å². The summed E-state index contributed by atoms with van der Waals surface area (Å²) in [6.07, 6.45) is 0.0683. The summed E-state index contributed by atoms with van der Waals surface area (Å²) in [7, 11) is 4.71. The summed E-state index contributed by atoms with van der Waals surface area (Å²) in [4.78, 5) is 53.0. The van der Waals surface area contributed by atoms with Crippen LogP contribution in [-0.4, -0.2) is 104 Å². The third-order valence-corrected chi connectivity index (χ3v) is 8.06. The molecule has 1 heterocycles. The van der Waals surface area contributed by atoms with Gasteiger partial charge >= 0.3 is 0 Å². The van der Waals surface area contributed by atoms with Crippen LogP contribution in [0.1, 0.15) is 51.7 Å². The zero-order valence-corrected chi connectivity index (χ0v) is 24.5. The van der Waals surface area contributed by atoms with E-state index in [0.717, 1.165) is 6.42 Å². The van der Waals surface area contributed by atoms with Crippen LogP contribution in [0.15, 0.2) is 30.3 Å². The average molecular weight is 563 g/mol. The Morgan fingerprint density at radius 2 is 1.85 bits per heavy atom. The highest BCUT2D eigenvalue weighted by Crippen LogP contribution is 2.30.